The van der Waals surface area contributed by atoms with Crippen molar-refractivity contribution in [1.29, 1.82) is 0 Å². The molecule has 0 fully saturated rings. The van der Waals surface area contributed by atoms with Crippen LogP contribution < -0.4 is 0 Å². The topological polar surface area (TPSA) is 46.5 Å². The molecule has 1 aliphatic rings. The maximum atomic E-state index is 15.1. The summed E-state index contributed by atoms with van der Waals surface area (Å²) in [7, 11) is 0. The highest BCUT2D eigenvalue weighted by atomic mass is 19.3. The largest absolute Gasteiger partial charge is 0.479 e. The number of hydrogen-bond donors (Lipinski definition) is 1. The number of carboxylic acid groups (broad SMARTS) is 1. The van der Waals surface area contributed by atoms with Crippen molar-refractivity contribution in [3.8, 4) is 0 Å². The first-order chi connectivity index (χ1) is 13.2. The maximum Gasteiger partial charge on any atom is 0.337 e. The van der Waals surface area contributed by atoms with Crippen LogP contribution in [0.5, 0.6) is 0 Å². The predicted molar refractivity (Wildman–Crippen MR) is 112 cm³/mol. The van der Waals surface area contributed by atoms with E-state index in [-0.39, 0.29) is 22.1 Å². The number of allylic oxidation sites excluding steroid dienone is 3. The molecule has 1 unspecified atom stereocenters. The smallest absolute Gasteiger partial charge is 0.337 e. The number of hydrogen-bond acceptors (Lipinski definition) is 2. The van der Waals surface area contributed by atoms with Crippen LogP contribution in [0.4, 0.5) is 8.78 Å². The molecule has 160 valence electrons. The number of aliphatic carboxylic acids is 1. The van der Waals surface area contributed by atoms with Crippen molar-refractivity contribution in [1.82, 2.24) is 0 Å². The summed E-state index contributed by atoms with van der Waals surface area (Å²) in [5.41, 5.74) is 0.0534. The van der Waals surface area contributed by atoms with Crippen LogP contribution in [0.2, 0.25) is 0 Å². The lowest BCUT2D eigenvalue weighted by atomic mass is 9.75. The van der Waals surface area contributed by atoms with E-state index in [1.807, 2.05) is 6.08 Å². The van der Waals surface area contributed by atoms with Gasteiger partial charge >= 0.3 is 5.97 Å². The third-order valence-electron chi connectivity index (χ3n) is 5.26. The lowest BCUT2D eigenvalue weighted by Gasteiger charge is -2.33. The molecule has 1 aromatic rings. The SMILES string of the molecule is C=C(C)C(F)(F)c1cccc(C2=CCC(C)(C)CC2)c1C(OC(C)(C)C)C(=O)O. The Morgan fingerprint density at radius 2 is 1.90 bits per heavy atom. The third-order valence-corrected chi connectivity index (χ3v) is 5.26. The lowest BCUT2D eigenvalue weighted by Crippen LogP contribution is -2.30. The van der Waals surface area contributed by atoms with Crippen LogP contribution in [0.1, 0.15) is 83.6 Å². The summed E-state index contributed by atoms with van der Waals surface area (Å²) in [4.78, 5) is 12.2. The number of carbonyl (C=O) groups is 1. The van der Waals surface area contributed by atoms with Crippen molar-refractivity contribution in [2.24, 2.45) is 5.41 Å². The minimum absolute atomic E-state index is 0.0221. The number of benzene rings is 1. The summed E-state index contributed by atoms with van der Waals surface area (Å²) in [5, 5.41) is 9.91. The maximum absolute atomic E-state index is 15.1. The highest BCUT2D eigenvalue weighted by Crippen LogP contribution is 2.45. The standard InChI is InChI=1S/C24H32F2O3/c1-15(2)24(25,26)18-10-8-9-17(16-11-13-23(6,7)14-12-16)19(18)20(21(27)28)29-22(3,4)5/h8-11,20H,1,12-14H2,2-7H3,(H,27,28). The Balaban J connectivity index is 2.77. The Morgan fingerprint density at radius 3 is 2.34 bits per heavy atom. The van der Waals surface area contributed by atoms with Crippen LogP contribution >= 0.6 is 0 Å². The zero-order valence-electron chi connectivity index (χ0n) is 18.2. The fourth-order valence-corrected chi connectivity index (χ4v) is 3.54. The predicted octanol–water partition coefficient (Wildman–Crippen LogP) is 6.89. The summed E-state index contributed by atoms with van der Waals surface area (Å²) >= 11 is 0. The van der Waals surface area contributed by atoms with E-state index in [0.717, 1.165) is 18.4 Å². The molecule has 1 atom stereocenters. The van der Waals surface area contributed by atoms with Gasteiger partial charge in [0.25, 0.3) is 5.92 Å². The number of alkyl halides is 2. The van der Waals surface area contributed by atoms with Gasteiger partial charge in [-0.25, -0.2) is 4.79 Å². The molecule has 3 nitrogen and oxygen atoms in total. The molecule has 0 bridgehead atoms. The van der Waals surface area contributed by atoms with E-state index in [0.29, 0.717) is 12.0 Å². The first-order valence-corrected chi connectivity index (χ1v) is 9.93. The quantitative estimate of drug-likeness (QED) is 0.523. The van der Waals surface area contributed by atoms with E-state index in [1.54, 1.807) is 32.9 Å². The average Bonchev–Trinajstić information content (AvgIpc) is 2.58. The van der Waals surface area contributed by atoms with Gasteiger partial charge in [0.05, 0.1) is 5.60 Å². The van der Waals surface area contributed by atoms with E-state index in [2.05, 4.69) is 20.4 Å². The fraction of sp³-hybridized carbons (Fsp3) is 0.542. The van der Waals surface area contributed by atoms with E-state index < -0.39 is 23.6 Å². The number of rotatable bonds is 6. The normalized spacial score (nSPS) is 18.1. The van der Waals surface area contributed by atoms with Gasteiger partial charge < -0.3 is 9.84 Å². The molecule has 0 heterocycles. The van der Waals surface area contributed by atoms with Crippen molar-refractivity contribution < 1.29 is 23.4 Å². The van der Waals surface area contributed by atoms with Gasteiger partial charge in [0.15, 0.2) is 6.10 Å². The molecule has 0 saturated heterocycles. The van der Waals surface area contributed by atoms with Crippen LogP contribution in [-0.2, 0) is 15.5 Å². The van der Waals surface area contributed by atoms with Gasteiger partial charge in [-0.15, -0.1) is 0 Å². The molecule has 1 N–H and O–H groups in total. The number of ether oxygens (including phenoxy) is 1. The number of carboxylic acids is 1. The van der Waals surface area contributed by atoms with Gasteiger partial charge in [0, 0.05) is 11.1 Å². The molecule has 1 aromatic carbocycles. The molecule has 5 heteroatoms. The molecule has 0 radical (unpaired) electrons. The zero-order chi connectivity index (χ0) is 22.2. The first-order valence-electron chi connectivity index (χ1n) is 9.93. The molecule has 0 aromatic heterocycles. The van der Waals surface area contributed by atoms with Gasteiger partial charge in [0.2, 0.25) is 0 Å². The zero-order valence-corrected chi connectivity index (χ0v) is 18.2. The van der Waals surface area contributed by atoms with Crippen molar-refractivity contribution in [2.75, 3.05) is 0 Å². The molecule has 29 heavy (non-hydrogen) atoms. The fourth-order valence-electron chi connectivity index (χ4n) is 3.54. The Bertz CT molecular complexity index is 829. The Labute approximate surface area is 172 Å². The molecule has 1 aliphatic carbocycles. The Hall–Kier alpha value is -2.01. The molecular formula is C24H32F2O3. The second-order valence-corrected chi connectivity index (χ2v) is 9.67. The highest BCUT2D eigenvalue weighted by molar-refractivity contribution is 5.80. The first kappa shape index (κ1) is 23.3. The Kier molecular flexibility index (Phi) is 6.43. The summed E-state index contributed by atoms with van der Waals surface area (Å²) in [6.07, 6.45) is 2.94. The lowest BCUT2D eigenvalue weighted by molar-refractivity contribution is -0.161. The van der Waals surface area contributed by atoms with Gasteiger partial charge in [-0.3, -0.25) is 0 Å². The average molecular weight is 407 g/mol. The number of halogens is 2. The summed E-state index contributed by atoms with van der Waals surface area (Å²) in [6.45, 7) is 14.1. The van der Waals surface area contributed by atoms with Crippen LogP contribution in [-0.4, -0.2) is 16.7 Å². The molecule has 2 rings (SSSR count). The molecule has 0 saturated carbocycles. The summed E-state index contributed by atoms with van der Waals surface area (Å²) in [6, 6.07) is 4.56. The van der Waals surface area contributed by atoms with E-state index in [4.69, 9.17) is 4.74 Å². The molecular weight excluding hydrogens is 374 g/mol. The molecule has 0 amide bonds. The van der Waals surface area contributed by atoms with E-state index in [1.165, 1.54) is 13.0 Å². The van der Waals surface area contributed by atoms with Crippen molar-refractivity contribution >= 4 is 11.5 Å². The van der Waals surface area contributed by atoms with Crippen molar-refractivity contribution in [3.63, 3.8) is 0 Å². The van der Waals surface area contributed by atoms with Gasteiger partial charge in [-0.05, 0) is 69.1 Å². The third kappa shape index (κ3) is 5.33. The molecule has 0 spiro atoms. The van der Waals surface area contributed by atoms with Gasteiger partial charge in [-0.1, -0.05) is 44.7 Å². The van der Waals surface area contributed by atoms with Crippen LogP contribution in [0.25, 0.3) is 5.57 Å². The Morgan fingerprint density at radius 1 is 1.28 bits per heavy atom. The van der Waals surface area contributed by atoms with Crippen molar-refractivity contribution in [2.45, 2.75) is 78.4 Å². The molecule has 0 aliphatic heterocycles. The van der Waals surface area contributed by atoms with Gasteiger partial charge in [0.1, 0.15) is 0 Å². The minimum atomic E-state index is -3.37. The van der Waals surface area contributed by atoms with Crippen LogP contribution in [0.15, 0.2) is 36.4 Å². The van der Waals surface area contributed by atoms with E-state index >= 15 is 8.78 Å². The van der Waals surface area contributed by atoms with Crippen LogP contribution in [0.3, 0.4) is 0 Å². The summed E-state index contributed by atoms with van der Waals surface area (Å²) < 4.78 is 36.0. The van der Waals surface area contributed by atoms with Crippen LogP contribution in [0, 0.1) is 5.41 Å². The monoisotopic (exact) mass is 406 g/mol. The minimum Gasteiger partial charge on any atom is -0.479 e. The second kappa shape index (κ2) is 8.02. The van der Waals surface area contributed by atoms with Crippen molar-refractivity contribution in [3.05, 3.63) is 53.1 Å². The van der Waals surface area contributed by atoms with Gasteiger partial charge in [-0.2, -0.15) is 8.78 Å². The highest BCUT2D eigenvalue weighted by Gasteiger charge is 2.41. The summed E-state index contributed by atoms with van der Waals surface area (Å²) in [5.74, 6) is -4.66. The van der Waals surface area contributed by atoms with E-state index in [9.17, 15) is 9.90 Å². The second-order valence-electron chi connectivity index (χ2n) is 9.67.